The Bertz CT molecular complexity index is 367. The Morgan fingerprint density at radius 3 is 2.82 bits per heavy atom. The second-order valence-electron chi connectivity index (χ2n) is 3.48. The summed E-state index contributed by atoms with van der Waals surface area (Å²) in [5, 5.41) is 0. The van der Waals surface area contributed by atoms with Crippen LogP contribution in [0.2, 0.25) is 0 Å². The molecule has 17 heavy (non-hydrogen) atoms. The van der Waals surface area contributed by atoms with Gasteiger partial charge in [-0.15, -0.1) is 0 Å². The minimum absolute atomic E-state index is 0.310. The van der Waals surface area contributed by atoms with Gasteiger partial charge in [0.05, 0.1) is 20.8 Å². The number of carbonyl (C=O) groups excluding carboxylic acids is 1. The number of hydrogen-bond donors (Lipinski definition) is 1. The zero-order chi connectivity index (χ0) is 12.7. The lowest BCUT2D eigenvalue weighted by molar-refractivity contribution is -0.143. The van der Waals surface area contributed by atoms with Crippen molar-refractivity contribution in [3.05, 3.63) is 29.8 Å². The van der Waals surface area contributed by atoms with Gasteiger partial charge < -0.3 is 9.47 Å². The average molecular weight is 239 g/mol. The van der Waals surface area contributed by atoms with E-state index in [0.29, 0.717) is 6.61 Å². The van der Waals surface area contributed by atoms with Gasteiger partial charge in [0, 0.05) is 0 Å². The largest absolute Gasteiger partial charge is 0.497 e. The highest BCUT2D eigenvalue weighted by molar-refractivity contribution is 5.79. The second kappa shape index (κ2) is 6.88. The number of rotatable bonds is 6. The molecule has 0 bridgehead atoms. The molecular formula is C12H17NO4. The Morgan fingerprint density at radius 1 is 1.41 bits per heavy atom. The van der Waals surface area contributed by atoms with Gasteiger partial charge in [0.2, 0.25) is 0 Å². The highest BCUT2D eigenvalue weighted by Gasteiger charge is 2.12. The van der Waals surface area contributed by atoms with Crippen LogP contribution in [0.5, 0.6) is 5.75 Å². The SMILES string of the molecule is CONC(=O)C(C)OCc1cccc(OC)c1. The maximum atomic E-state index is 11.3. The summed E-state index contributed by atoms with van der Waals surface area (Å²) in [7, 11) is 2.99. The topological polar surface area (TPSA) is 56.8 Å². The minimum Gasteiger partial charge on any atom is -0.497 e. The number of ether oxygens (including phenoxy) is 2. The van der Waals surface area contributed by atoms with E-state index in [1.165, 1.54) is 7.11 Å². The lowest BCUT2D eigenvalue weighted by Crippen LogP contribution is -2.33. The van der Waals surface area contributed by atoms with Crippen molar-refractivity contribution in [2.24, 2.45) is 0 Å². The van der Waals surface area contributed by atoms with Crippen LogP contribution < -0.4 is 10.2 Å². The fourth-order valence-corrected chi connectivity index (χ4v) is 1.24. The highest BCUT2D eigenvalue weighted by Crippen LogP contribution is 2.13. The molecule has 0 aliphatic rings. The van der Waals surface area contributed by atoms with Crippen molar-refractivity contribution in [3.63, 3.8) is 0 Å². The first-order chi connectivity index (χ1) is 8.17. The standard InChI is InChI=1S/C12H17NO4/c1-9(12(14)13-16-3)17-8-10-5-4-6-11(7-10)15-2/h4-7,9H,8H2,1-3H3,(H,13,14). The second-order valence-corrected chi connectivity index (χ2v) is 3.48. The Hall–Kier alpha value is -1.59. The van der Waals surface area contributed by atoms with Crippen molar-refractivity contribution in [2.45, 2.75) is 19.6 Å². The minimum atomic E-state index is -0.568. The quantitative estimate of drug-likeness (QED) is 0.760. The molecule has 0 aromatic heterocycles. The van der Waals surface area contributed by atoms with Gasteiger partial charge in [-0.2, -0.15) is 0 Å². The van der Waals surface area contributed by atoms with Crippen LogP contribution in [-0.2, 0) is 21.0 Å². The molecule has 1 aromatic rings. The molecule has 0 radical (unpaired) electrons. The molecule has 1 N–H and O–H groups in total. The molecule has 0 fully saturated rings. The predicted molar refractivity (Wildman–Crippen MR) is 62.4 cm³/mol. The van der Waals surface area contributed by atoms with E-state index in [2.05, 4.69) is 10.3 Å². The van der Waals surface area contributed by atoms with Crippen LogP contribution in [0.25, 0.3) is 0 Å². The van der Waals surface area contributed by atoms with Gasteiger partial charge in [-0.3, -0.25) is 9.63 Å². The van der Waals surface area contributed by atoms with E-state index in [9.17, 15) is 4.79 Å². The first-order valence-corrected chi connectivity index (χ1v) is 5.24. The number of carbonyl (C=O) groups is 1. The maximum Gasteiger partial charge on any atom is 0.272 e. The first-order valence-electron chi connectivity index (χ1n) is 5.24. The molecule has 0 saturated heterocycles. The number of amides is 1. The van der Waals surface area contributed by atoms with Crippen molar-refractivity contribution in [3.8, 4) is 5.75 Å². The van der Waals surface area contributed by atoms with Crippen LogP contribution in [0.15, 0.2) is 24.3 Å². The molecule has 94 valence electrons. The molecule has 1 amide bonds. The molecule has 0 spiro atoms. The molecule has 0 aliphatic carbocycles. The van der Waals surface area contributed by atoms with E-state index in [0.717, 1.165) is 11.3 Å². The van der Waals surface area contributed by atoms with E-state index < -0.39 is 6.10 Å². The van der Waals surface area contributed by atoms with Gasteiger partial charge in [-0.05, 0) is 24.6 Å². The van der Waals surface area contributed by atoms with Crippen molar-refractivity contribution in [2.75, 3.05) is 14.2 Å². The molecule has 0 saturated carbocycles. The molecular weight excluding hydrogens is 222 g/mol. The molecule has 5 nitrogen and oxygen atoms in total. The number of hydroxylamine groups is 1. The van der Waals surface area contributed by atoms with E-state index in [1.807, 2.05) is 24.3 Å². The van der Waals surface area contributed by atoms with Gasteiger partial charge in [0.25, 0.3) is 5.91 Å². The molecule has 0 aliphatic heterocycles. The van der Waals surface area contributed by atoms with Gasteiger partial charge in [0.15, 0.2) is 0 Å². The van der Waals surface area contributed by atoms with Gasteiger partial charge in [-0.25, -0.2) is 5.48 Å². The number of methoxy groups -OCH3 is 1. The normalized spacial score (nSPS) is 11.9. The van der Waals surface area contributed by atoms with E-state index in [4.69, 9.17) is 9.47 Å². The highest BCUT2D eigenvalue weighted by atomic mass is 16.6. The number of hydrogen-bond acceptors (Lipinski definition) is 4. The lowest BCUT2D eigenvalue weighted by Gasteiger charge is -2.12. The fraction of sp³-hybridized carbons (Fsp3) is 0.417. The van der Waals surface area contributed by atoms with E-state index in [1.54, 1.807) is 14.0 Å². The lowest BCUT2D eigenvalue weighted by atomic mass is 10.2. The monoisotopic (exact) mass is 239 g/mol. The zero-order valence-electron chi connectivity index (χ0n) is 10.2. The fourth-order valence-electron chi connectivity index (χ4n) is 1.24. The molecule has 1 atom stereocenters. The molecule has 1 unspecified atom stereocenters. The van der Waals surface area contributed by atoms with Crippen LogP contribution in [0.4, 0.5) is 0 Å². The summed E-state index contributed by atoms with van der Waals surface area (Å²) in [5.74, 6) is 0.454. The predicted octanol–water partition coefficient (Wildman–Crippen LogP) is 1.28. The van der Waals surface area contributed by atoms with Gasteiger partial charge in [0.1, 0.15) is 11.9 Å². The van der Waals surface area contributed by atoms with Crippen LogP contribution in [0, 0.1) is 0 Å². The average Bonchev–Trinajstić information content (AvgIpc) is 2.36. The summed E-state index contributed by atoms with van der Waals surface area (Å²) in [4.78, 5) is 15.8. The van der Waals surface area contributed by atoms with E-state index >= 15 is 0 Å². The van der Waals surface area contributed by atoms with Crippen LogP contribution in [0.1, 0.15) is 12.5 Å². The third-order valence-electron chi connectivity index (χ3n) is 2.21. The third kappa shape index (κ3) is 4.42. The number of nitrogens with one attached hydrogen (secondary N) is 1. The van der Waals surface area contributed by atoms with Crippen LogP contribution in [0.3, 0.4) is 0 Å². The molecule has 1 aromatic carbocycles. The van der Waals surface area contributed by atoms with Crippen molar-refractivity contribution >= 4 is 5.91 Å². The summed E-state index contributed by atoms with van der Waals surface area (Å²) in [5.41, 5.74) is 3.16. The summed E-state index contributed by atoms with van der Waals surface area (Å²) in [6, 6.07) is 7.49. The summed E-state index contributed by atoms with van der Waals surface area (Å²) < 4.78 is 10.5. The van der Waals surface area contributed by atoms with Crippen LogP contribution in [-0.4, -0.2) is 26.2 Å². The van der Waals surface area contributed by atoms with Crippen molar-refractivity contribution in [1.29, 1.82) is 0 Å². The first kappa shape index (κ1) is 13.5. The maximum absolute atomic E-state index is 11.3. The third-order valence-corrected chi connectivity index (χ3v) is 2.21. The Morgan fingerprint density at radius 2 is 2.18 bits per heavy atom. The van der Waals surface area contributed by atoms with Gasteiger partial charge >= 0.3 is 0 Å². The van der Waals surface area contributed by atoms with Crippen molar-refractivity contribution < 1.29 is 19.1 Å². The molecule has 5 heteroatoms. The van der Waals surface area contributed by atoms with Gasteiger partial charge in [-0.1, -0.05) is 12.1 Å². The molecule has 0 heterocycles. The zero-order valence-corrected chi connectivity index (χ0v) is 10.2. The van der Waals surface area contributed by atoms with Crippen LogP contribution >= 0.6 is 0 Å². The smallest absolute Gasteiger partial charge is 0.272 e. The number of benzene rings is 1. The Balaban J connectivity index is 2.46. The van der Waals surface area contributed by atoms with Crippen molar-refractivity contribution in [1.82, 2.24) is 5.48 Å². The summed E-state index contributed by atoms with van der Waals surface area (Å²) >= 11 is 0. The molecule has 1 rings (SSSR count). The Labute approximate surface area is 101 Å². The summed E-state index contributed by atoms with van der Waals surface area (Å²) in [6.45, 7) is 2.00. The van der Waals surface area contributed by atoms with E-state index in [-0.39, 0.29) is 5.91 Å². The Kier molecular flexibility index (Phi) is 5.45. The summed E-state index contributed by atoms with van der Waals surface area (Å²) in [6.07, 6.45) is -0.568.